The van der Waals surface area contributed by atoms with E-state index < -0.39 is 0 Å². The maximum Gasteiger partial charge on any atom is 0.262 e. The Morgan fingerprint density at radius 2 is 2.11 bits per heavy atom. The van der Waals surface area contributed by atoms with Crippen LogP contribution in [0.25, 0.3) is 11.3 Å². The highest BCUT2D eigenvalue weighted by molar-refractivity contribution is 7.99. The predicted molar refractivity (Wildman–Crippen MR) is 108 cm³/mol. The predicted octanol–water partition coefficient (Wildman–Crippen LogP) is 4.29. The number of thioether (sulfide) groups is 1. The third kappa shape index (κ3) is 4.01. The van der Waals surface area contributed by atoms with Crippen molar-refractivity contribution in [3.05, 3.63) is 59.8 Å². The molecule has 6 heteroatoms. The largest absolute Gasteiger partial charge is 0.484 e. The molecule has 1 aliphatic heterocycles. The second-order valence-electron chi connectivity index (χ2n) is 6.61. The van der Waals surface area contributed by atoms with Crippen molar-refractivity contribution in [1.82, 2.24) is 9.55 Å². The molecule has 2 aromatic carbocycles. The summed E-state index contributed by atoms with van der Waals surface area (Å²) in [5.74, 6) is 1.60. The van der Waals surface area contributed by atoms with Crippen LogP contribution in [0.15, 0.2) is 53.8 Å². The summed E-state index contributed by atoms with van der Waals surface area (Å²) in [6, 6.07) is 13.6. The van der Waals surface area contributed by atoms with Crippen molar-refractivity contribution in [2.45, 2.75) is 25.5 Å². The van der Waals surface area contributed by atoms with Gasteiger partial charge >= 0.3 is 0 Å². The number of rotatable bonds is 5. The number of amides is 1. The van der Waals surface area contributed by atoms with Crippen LogP contribution in [0.3, 0.4) is 0 Å². The molecule has 0 unspecified atom stereocenters. The summed E-state index contributed by atoms with van der Waals surface area (Å²) in [4.78, 5) is 16.9. The quantitative estimate of drug-likeness (QED) is 0.718. The maximum absolute atomic E-state index is 12.2. The van der Waals surface area contributed by atoms with Gasteiger partial charge in [-0.15, -0.1) is 0 Å². The van der Waals surface area contributed by atoms with E-state index in [9.17, 15) is 4.79 Å². The fourth-order valence-corrected chi connectivity index (χ4v) is 3.90. The third-order valence-corrected chi connectivity index (χ3v) is 5.56. The van der Waals surface area contributed by atoms with Crippen molar-refractivity contribution in [3.8, 4) is 17.0 Å². The Balaban J connectivity index is 1.40. The van der Waals surface area contributed by atoms with E-state index in [1.165, 1.54) is 5.56 Å². The average Bonchev–Trinajstić information content (AvgIpc) is 3.25. The molecule has 5 nitrogen and oxygen atoms in total. The lowest BCUT2D eigenvalue weighted by atomic mass is 10.1. The van der Waals surface area contributed by atoms with Gasteiger partial charge in [-0.05, 0) is 49.2 Å². The Morgan fingerprint density at radius 1 is 1.22 bits per heavy atom. The lowest BCUT2D eigenvalue weighted by Gasteiger charge is -2.09. The van der Waals surface area contributed by atoms with Gasteiger partial charge in [-0.2, -0.15) is 0 Å². The molecule has 3 aromatic rings. The van der Waals surface area contributed by atoms with Gasteiger partial charge in [-0.25, -0.2) is 4.98 Å². The minimum absolute atomic E-state index is 0.0257. The van der Waals surface area contributed by atoms with E-state index in [0.717, 1.165) is 40.0 Å². The van der Waals surface area contributed by atoms with Crippen LogP contribution in [0.1, 0.15) is 11.1 Å². The van der Waals surface area contributed by atoms with Gasteiger partial charge in [0.2, 0.25) is 0 Å². The smallest absolute Gasteiger partial charge is 0.262 e. The van der Waals surface area contributed by atoms with E-state index in [0.29, 0.717) is 5.75 Å². The van der Waals surface area contributed by atoms with Crippen LogP contribution >= 0.6 is 11.8 Å². The van der Waals surface area contributed by atoms with Crippen LogP contribution in [0.4, 0.5) is 5.69 Å². The number of anilines is 1. The number of aryl methyl sites for hydroxylation is 3. The maximum atomic E-state index is 12.2. The summed E-state index contributed by atoms with van der Waals surface area (Å²) >= 11 is 1.77. The number of aromatic nitrogens is 2. The van der Waals surface area contributed by atoms with Gasteiger partial charge in [0.1, 0.15) is 5.75 Å². The lowest BCUT2D eigenvalue weighted by Crippen LogP contribution is -2.20. The SMILES string of the molecule is Cc1ccc(OCC(=O)Nc2cccc(-c3cn4c(n3)SCC4)c2)cc1C. The van der Waals surface area contributed by atoms with Crippen molar-refractivity contribution in [2.75, 3.05) is 17.7 Å². The molecule has 2 heterocycles. The molecular weight excluding hydrogens is 358 g/mol. The van der Waals surface area contributed by atoms with Crippen LogP contribution in [-0.4, -0.2) is 27.8 Å². The molecule has 0 saturated carbocycles. The zero-order valence-electron chi connectivity index (χ0n) is 15.4. The van der Waals surface area contributed by atoms with Gasteiger partial charge in [0.05, 0.1) is 5.69 Å². The van der Waals surface area contributed by atoms with Gasteiger partial charge in [0.25, 0.3) is 5.91 Å². The average molecular weight is 379 g/mol. The summed E-state index contributed by atoms with van der Waals surface area (Å²) in [5, 5.41) is 3.95. The standard InChI is InChI=1S/C21H21N3O2S/c1-14-6-7-18(10-15(14)2)26-13-20(25)22-17-5-3-4-16(11-17)19-12-24-8-9-27-21(24)23-19/h3-7,10-12H,8-9,13H2,1-2H3,(H,22,25). The number of hydrogen-bond acceptors (Lipinski definition) is 4. The van der Waals surface area contributed by atoms with Gasteiger partial charge in [0.15, 0.2) is 11.8 Å². The highest BCUT2D eigenvalue weighted by Gasteiger charge is 2.15. The highest BCUT2D eigenvalue weighted by Crippen LogP contribution is 2.29. The summed E-state index contributed by atoms with van der Waals surface area (Å²) in [7, 11) is 0. The molecule has 1 aliphatic rings. The van der Waals surface area contributed by atoms with Gasteiger partial charge in [-0.1, -0.05) is 30.0 Å². The molecule has 0 bridgehead atoms. The number of carbonyl (C=O) groups excluding carboxylic acids is 1. The first-order valence-electron chi connectivity index (χ1n) is 8.89. The summed E-state index contributed by atoms with van der Waals surface area (Å²) in [5.41, 5.74) is 5.00. The summed E-state index contributed by atoms with van der Waals surface area (Å²) < 4.78 is 7.77. The minimum Gasteiger partial charge on any atom is -0.484 e. The summed E-state index contributed by atoms with van der Waals surface area (Å²) in [6.45, 7) is 5.05. The molecular formula is C21H21N3O2S. The molecule has 0 atom stereocenters. The zero-order valence-corrected chi connectivity index (χ0v) is 16.2. The molecule has 4 rings (SSSR count). The van der Waals surface area contributed by atoms with E-state index in [1.807, 2.05) is 56.3 Å². The number of nitrogens with one attached hydrogen (secondary N) is 1. The number of fused-ring (bicyclic) bond motifs is 1. The number of hydrogen-bond donors (Lipinski definition) is 1. The Hall–Kier alpha value is -2.73. The Morgan fingerprint density at radius 3 is 2.93 bits per heavy atom. The Kier molecular flexibility index (Phi) is 4.90. The molecule has 0 fully saturated rings. The molecule has 0 aliphatic carbocycles. The van der Waals surface area contributed by atoms with Crippen molar-refractivity contribution < 1.29 is 9.53 Å². The van der Waals surface area contributed by atoms with E-state index in [-0.39, 0.29) is 12.5 Å². The van der Waals surface area contributed by atoms with Crippen LogP contribution in [0, 0.1) is 13.8 Å². The van der Waals surface area contributed by atoms with Crippen LogP contribution in [0.5, 0.6) is 5.75 Å². The molecule has 0 spiro atoms. The molecule has 27 heavy (non-hydrogen) atoms. The molecule has 1 N–H and O–H groups in total. The second kappa shape index (κ2) is 7.48. The fraction of sp³-hybridized carbons (Fsp3) is 0.238. The van der Waals surface area contributed by atoms with E-state index in [2.05, 4.69) is 21.1 Å². The Labute approximate surface area is 162 Å². The molecule has 0 radical (unpaired) electrons. The van der Waals surface area contributed by atoms with Gasteiger partial charge in [-0.3, -0.25) is 4.79 Å². The molecule has 138 valence electrons. The van der Waals surface area contributed by atoms with Gasteiger partial charge in [0, 0.05) is 29.7 Å². The van der Waals surface area contributed by atoms with Crippen LogP contribution in [-0.2, 0) is 11.3 Å². The number of nitrogens with zero attached hydrogens (tertiary/aromatic N) is 2. The Bertz CT molecular complexity index is 975. The number of benzene rings is 2. The van der Waals surface area contributed by atoms with Gasteiger partial charge < -0.3 is 14.6 Å². The monoisotopic (exact) mass is 379 g/mol. The van der Waals surface area contributed by atoms with E-state index in [4.69, 9.17) is 4.74 Å². The minimum atomic E-state index is -0.187. The number of imidazole rings is 1. The molecule has 1 amide bonds. The second-order valence-corrected chi connectivity index (χ2v) is 7.68. The first-order chi connectivity index (χ1) is 13.1. The summed E-state index contributed by atoms with van der Waals surface area (Å²) in [6.07, 6.45) is 2.07. The lowest BCUT2D eigenvalue weighted by molar-refractivity contribution is -0.118. The first-order valence-corrected chi connectivity index (χ1v) is 9.87. The molecule has 1 aromatic heterocycles. The molecule has 0 saturated heterocycles. The topological polar surface area (TPSA) is 56.1 Å². The van der Waals surface area contributed by atoms with E-state index in [1.54, 1.807) is 11.8 Å². The van der Waals surface area contributed by atoms with Crippen LogP contribution < -0.4 is 10.1 Å². The normalized spacial score (nSPS) is 12.7. The number of carbonyl (C=O) groups is 1. The fourth-order valence-electron chi connectivity index (χ4n) is 2.95. The van der Waals surface area contributed by atoms with Crippen molar-refractivity contribution >= 4 is 23.4 Å². The van der Waals surface area contributed by atoms with Crippen molar-refractivity contribution in [3.63, 3.8) is 0 Å². The third-order valence-electron chi connectivity index (χ3n) is 4.59. The van der Waals surface area contributed by atoms with Crippen molar-refractivity contribution in [2.24, 2.45) is 0 Å². The highest BCUT2D eigenvalue weighted by atomic mass is 32.2. The first kappa shape index (κ1) is 17.7. The van der Waals surface area contributed by atoms with E-state index >= 15 is 0 Å². The van der Waals surface area contributed by atoms with Crippen LogP contribution in [0.2, 0.25) is 0 Å². The van der Waals surface area contributed by atoms with Crippen molar-refractivity contribution in [1.29, 1.82) is 0 Å². The number of ether oxygens (including phenoxy) is 1. The zero-order chi connectivity index (χ0) is 18.8.